The van der Waals surface area contributed by atoms with Crippen LogP contribution in [0, 0.1) is 0 Å². The van der Waals surface area contributed by atoms with E-state index < -0.39 is 0 Å². The van der Waals surface area contributed by atoms with Crippen molar-refractivity contribution in [3.63, 3.8) is 0 Å². The van der Waals surface area contributed by atoms with Crippen LogP contribution in [0.15, 0.2) is 4.99 Å². The summed E-state index contributed by atoms with van der Waals surface area (Å²) in [6, 6.07) is 0. The Bertz CT molecular complexity index is 325. The normalized spacial score (nSPS) is 21.3. The number of hydrogen-bond acceptors (Lipinski definition) is 4. The highest BCUT2D eigenvalue weighted by molar-refractivity contribution is 5.79. The summed E-state index contributed by atoms with van der Waals surface area (Å²) in [6.07, 6.45) is 5.23. The van der Waals surface area contributed by atoms with Crippen molar-refractivity contribution in [2.45, 2.75) is 32.6 Å². The first-order valence-electron chi connectivity index (χ1n) is 9.43. The van der Waals surface area contributed by atoms with Crippen LogP contribution in [-0.4, -0.2) is 87.9 Å². The lowest BCUT2D eigenvalue weighted by Crippen LogP contribution is -2.42. The van der Waals surface area contributed by atoms with Crippen molar-refractivity contribution in [1.82, 2.24) is 20.4 Å². The zero-order valence-electron chi connectivity index (χ0n) is 14.9. The summed E-state index contributed by atoms with van der Waals surface area (Å²) < 4.78 is 5.38. The second kappa shape index (κ2) is 11.6. The molecule has 0 aromatic heterocycles. The molecule has 6 heteroatoms. The fourth-order valence-electron chi connectivity index (χ4n) is 3.17. The fraction of sp³-hybridized carbons (Fsp3) is 0.941. The van der Waals surface area contributed by atoms with Crippen molar-refractivity contribution < 1.29 is 4.74 Å². The van der Waals surface area contributed by atoms with E-state index in [-0.39, 0.29) is 0 Å². The molecule has 0 radical (unpaired) electrons. The van der Waals surface area contributed by atoms with Crippen molar-refractivity contribution in [3.8, 4) is 0 Å². The summed E-state index contributed by atoms with van der Waals surface area (Å²) >= 11 is 0. The standard InChI is InChI=1S/C17H35N5O/c1-2-18-17(20-8-12-21-9-4-3-5-10-21)19-7-6-11-22-13-15-23-16-14-22/h2-16H2,1H3,(H2,18,19,20). The molecule has 0 unspecified atom stereocenters. The first-order chi connectivity index (χ1) is 11.4. The Labute approximate surface area is 141 Å². The molecule has 0 spiro atoms. The quantitative estimate of drug-likeness (QED) is 0.392. The maximum absolute atomic E-state index is 5.38. The van der Waals surface area contributed by atoms with E-state index in [1.807, 2.05) is 0 Å². The molecular formula is C17H35N5O. The van der Waals surface area contributed by atoms with Crippen LogP contribution >= 0.6 is 0 Å². The van der Waals surface area contributed by atoms with Gasteiger partial charge in [-0.05, 0) is 39.3 Å². The number of morpholine rings is 1. The topological polar surface area (TPSA) is 52.1 Å². The molecule has 0 aliphatic carbocycles. The molecule has 2 N–H and O–H groups in total. The average Bonchev–Trinajstić information content (AvgIpc) is 2.60. The number of hydrogen-bond donors (Lipinski definition) is 2. The highest BCUT2D eigenvalue weighted by Gasteiger charge is 2.10. The Morgan fingerprint density at radius 1 is 0.957 bits per heavy atom. The van der Waals surface area contributed by atoms with Crippen LogP contribution in [-0.2, 0) is 4.74 Å². The molecule has 2 saturated heterocycles. The molecule has 0 atom stereocenters. The zero-order chi connectivity index (χ0) is 16.2. The van der Waals surface area contributed by atoms with E-state index in [9.17, 15) is 0 Å². The summed E-state index contributed by atoms with van der Waals surface area (Å²) in [7, 11) is 0. The third-order valence-corrected chi connectivity index (χ3v) is 4.52. The molecule has 2 rings (SSSR count). The molecule has 2 fully saturated rings. The van der Waals surface area contributed by atoms with Crippen molar-refractivity contribution in [3.05, 3.63) is 0 Å². The lowest BCUT2D eigenvalue weighted by atomic mass is 10.1. The van der Waals surface area contributed by atoms with Crippen LogP contribution in [0.25, 0.3) is 0 Å². The Morgan fingerprint density at radius 3 is 2.43 bits per heavy atom. The van der Waals surface area contributed by atoms with Crippen LogP contribution in [0.1, 0.15) is 32.6 Å². The zero-order valence-corrected chi connectivity index (χ0v) is 14.9. The van der Waals surface area contributed by atoms with E-state index in [1.165, 1.54) is 32.4 Å². The van der Waals surface area contributed by atoms with Gasteiger partial charge in [0.25, 0.3) is 0 Å². The van der Waals surface area contributed by atoms with E-state index in [1.54, 1.807) is 0 Å². The second-order valence-corrected chi connectivity index (χ2v) is 6.40. The highest BCUT2D eigenvalue weighted by Crippen LogP contribution is 2.07. The Hall–Kier alpha value is -0.850. The van der Waals surface area contributed by atoms with E-state index >= 15 is 0 Å². The van der Waals surface area contributed by atoms with Crippen LogP contribution < -0.4 is 10.6 Å². The van der Waals surface area contributed by atoms with Crippen molar-refractivity contribution >= 4 is 5.96 Å². The molecule has 134 valence electrons. The number of nitrogens with one attached hydrogen (secondary N) is 2. The van der Waals surface area contributed by atoms with Crippen LogP contribution in [0.2, 0.25) is 0 Å². The van der Waals surface area contributed by atoms with Crippen LogP contribution in [0.3, 0.4) is 0 Å². The largest absolute Gasteiger partial charge is 0.379 e. The molecule has 2 aliphatic rings. The molecule has 2 heterocycles. The number of aliphatic imine (C=N–C) groups is 1. The lowest BCUT2D eigenvalue weighted by Gasteiger charge is -2.27. The van der Waals surface area contributed by atoms with E-state index in [0.29, 0.717) is 0 Å². The van der Waals surface area contributed by atoms with Gasteiger partial charge >= 0.3 is 0 Å². The first kappa shape index (κ1) is 18.5. The molecule has 0 amide bonds. The van der Waals surface area contributed by atoms with Gasteiger partial charge in [0.2, 0.25) is 0 Å². The Kier molecular flexibility index (Phi) is 9.36. The van der Waals surface area contributed by atoms with Crippen molar-refractivity contribution in [2.24, 2.45) is 4.99 Å². The minimum atomic E-state index is 0.879. The molecule has 0 aromatic rings. The van der Waals surface area contributed by atoms with Gasteiger partial charge in [-0.2, -0.15) is 0 Å². The Balaban J connectivity index is 1.58. The van der Waals surface area contributed by atoms with Crippen molar-refractivity contribution in [2.75, 3.05) is 72.1 Å². The lowest BCUT2D eigenvalue weighted by molar-refractivity contribution is 0.0377. The van der Waals surface area contributed by atoms with Gasteiger partial charge in [-0.3, -0.25) is 9.89 Å². The number of likely N-dealkylation sites (tertiary alicyclic amines) is 1. The molecule has 0 aromatic carbocycles. The number of piperidine rings is 1. The fourth-order valence-corrected chi connectivity index (χ4v) is 3.17. The SMILES string of the molecule is CCNC(=NCCCN1CCOCC1)NCCN1CCCCC1. The number of rotatable bonds is 8. The minimum absolute atomic E-state index is 0.879. The summed E-state index contributed by atoms with van der Waals surface area (Å²) in [6.45, 7) is 13.6. The second-order valence-electron chi connectivity index (χ2n) is 6.40. The van der Waals surface area contributed by atoms with Gasteiger partial charge in [0.15, 0.2) is 5.96 Å². The van der Waals surface area contributed by atoms with Gasteiger partial charge in [0, 0.05) is 45.8 Å². The van der Waals surface area contributed by atoms with Gasteiger partial charge in [-0.1, -0.05) is 6.42 Å². The molecule has 0 bridgehead atoms. The Morgan fingerprint density at radius 2 is 1.70 bits per heavy atom. The maximum Gasteiger partial charge on any atom is 0.191 e. The number of nitrogens with zero attached hydrogens (tertiary/aromatic N) is 3. The number of ether oxygens (including phenoxy) is 1. The minimum Gasteiger partial charge on any atom is -0.379 e. The van der Waals surface area contributed by atoms with Crippen LogP contribution in [0.4, 0.5) is 0 Å². The van der Waals surface area contributed by atoms with E-state index in [4.69, 9.17) is 9.73 Å². The van der Waals surface area contributed by atoms with E-state index in [2.05, 4.69) is 27.4 Å². The monoisotopic (exact) mass is 325 g/mol. The summed E-state index contributed by atoms with van der Waals surface area (Å²) in [4.78, 5) is 9.72. The molecule has 2 aliphatic heterocycles. The molecule has 6 nitrogen and oxygen atoms in total. The van der Waals surface area contributed by atoms with Gasteiger partial charge in [0.1, 0.15) is 0 Å². The predicted octanol–water partition coefficient (Wildman–Crippen LogP) is 0.750. The number of guanidine groups is 1. The average molecular weight is 326 g/mol. The third kappa shape index (κ3) is 7.99. The summed E-state index contributed by atoms with van der Waals surface area (Å²) in [5, 5.41) is 6.82. The maximum atomic E-state index is 5.38. The van der Waals surface area contributed by atoms with Gasteiger partial charge in [-0.15, -0.1) is 0 Å². The smallest absolute Gasteiger partial charge is 0.191 e. The summed E-state index contributed by atoms with van der Waals surface area (Å²) in [5.74, 6) is 0.964. The molecular weight excluding hydrogens is 290 g/mol. The van der Waals surface area contributed by atoms with Gasteiger partial charge < -0.3 is 20.3 Å². The van der Waals surface area contributed by atoms with Gasteiger partial charge in [-0.25, -0.2) is 0 Å². The van der Waals surface area contributed by atoms with Gasteiger partial charge in [0.05, 0.1) is 13.2 Å². The van der Waals surface area contributed by atoms with Crippen molar-refractivity contribution in [1.29, 1.82) is 0 Å². The molecule has 23 heavy (non-hydrogen) atoms. The predicted molar refractivity (Wildman–Crippen MR) is 96.1 cm³/mol. The third-order valence-electron chi connectivity index (χ3n) is 4.52. The summed E-state index contributed by atoms with van der Waals surface area (Å²) in [5.41, 5.74) is 0. The van der Waals surface area contributed by atoms with E-state index in [0.717, 1.165) is 71.4 Å². The highest BCUT2D eigenvalue weighted by atomic mass is 16.5. The van der Waals surface area contributed by atoms with Crippen LogP contribution in [0.5, 0.6) is 0 Å². The first-order valence-corrected chi connectivity index (χ1v) is 9.43. The molecule has 0 saturated carbocycles.